The number of amides is 1. The van der Waals surface area contributed by atoms with Crippen LogP contribution < -0.4 is 9.64 Å². The molecule has 4 rings (SSSR count). The molecule has 0 spiro atoms. The van der Waals surface area contributed by atoms with Crippen LogP contribution in [0.1, 0.15) is 5.56 Å². The lowest BCUT2D eigenvalue weighted by Crippen LogP contribution is -2.49. The van der Waals surface area contributed by atoms with Crippen LogP contribution in [-0.2, 0) is 11.2 Å². The van der Waals surface area contributed by atoms with Gasteiger partial charge in [-0.1, -0.05) is 12.1 Å². The SMILES string of the molecule is COc1ccc(CC(=O)N2CCN(c3cc(-n4ccnc4)ncn3)CC2)cc1. The zero-order valence-electron chi connectivity index (χ0n) is 15.7. The molecule has 1 aromatic carbocycles. The van der Waals surface area contributed by atoms with Crippen molar-refractivity contribution in [3.63, 3.8) is 0 Å². The summed E-state index contributed by atoms with van der Waals surface area (Å²) in [5, 5.41) is 0. The van der Waals surface area contributed by atoms with E-state index in [1.54, 1.807) is 26.0 Å². The van der Waals surface area contributed by atoms with Gasteiger partial charge >= 0.3 is 0 Å². The molecule has 28 heavy (non-hydrogen) atoms. The van der Waals surface area contributed by atoms with E-state index in [9.17, 15) is 4.79 Å². The van der Waals surface area contributed by atoms with Crippen LogP contribution in [0.15, 0.2) is 55.4 Å². The molecule has 0 atom stereocenters. The number of rotatable bonds is 5. The molecule has 0 saturated carbocycles. The second-order valence-electron chi connectivity index (χ2n) is 6.60. The zero-order chi connectivity index (χ0) is 19.3. The quantitative estimate of drug-likeness (QED) is 0.671. The summed E-state index contributed by atoms with van der Waals surface area (Å²) < 4.78 is 7.01. The molecular formula is C20H22N6O2. The number of benzene rings is 1. The molecule has 0 N–H and O–H groups in total. The summed E-state index contributed by atoms with van der Waals surface area (Å²) in [7, 11) is 1.63. The molecule has 0 aliphatic carbocycles. The Balaban J connectivity index is 1.35. The van der Waals surface area contributed by atoms with Gasteiger partial charge in [-0.25, -0.2) is 15.0 Å². The number of carbonyl (C=O) groups excluding carboxylic acids is 1. The lowest BCUT2D eigenvalue weighted by Gasteiger charge is -2.35. The van der Waals surface area contributed by atoms with Gasteiger partial charge in [-0.15, -0.1) is 0 Å². The first-order valence-electron chi connectivity index (χ1n) is 9.19. The van der Waals surface area contributed by atoms with Crippen LogP contribution in [0.3, 0.4) is 0 Å². The van der Waals surface area contributed by atoms with Gasteiger partial charge in [0.15, 0.2) is 0 Å². The second-order valence-corrected chi connectivity index (χ2v) is 6.60. The van der Waals surface area contributed by atoms with Gasteiger partial charge in [-0.2, -0.15) is 0 Å². The van der Waals surface area contributed by atoms with Crippen LogP contribution in [-0.4, -0.2) is 63.6 Å². The number of anilines is 1. The normalized spacial score (nSPS) is 14.2. The predicted molar refractivity (Wildman–Crippen MR) is 105 cm³/mol. The van der Waals surface area contributed by atoms with Crippen molar-refractivity contribution in [3.05, 3.63) is 60.9 Å². The number of hydrogen-bond donors (Lipinski definition) is 0. The minimum absolute atomic E-state index is 0.145. The number of piperazine rings is 1. The van der Waals surface area contributed by atoms with E-state index in [2.05, 4.69) is 19.9 Å². The van der Waals surface area contributed by atoms with Gasteiger partial charge in [-0.3, -0.25) is 9.36 Å². The molecule has 0 unspecified atom stereocenters. The summed E-state index contributed by atoms with van der Waals surface area (Å²) in [6.07, 6.45) is 7.24. The third-order valence-corrected chi connectivity index (χ3v) is 4.88. The Morgan fingerprint density at radius 1 is 1.07 bits per heavy atom. The monoisotopic (exact) mass is 378 g/mol. The molecule has 8 heteroatoms. The summed E-state index contributed by atoms with van der Waals surface area (Å²) in [5.41, 5.74) is 0.994. The zero-order valence-corrected chi connectivity index (χ0v) is 15.7. The highest BCUT2D eigenvalue weighted by Gasteiger charge is 2.22. The highest BCUT2D eigenvalue weighted by molar-refractivity contribution is 5.79. The molecule has 3 heterocycles. The molecule has 8 nitrogen and oxygen atoms in total. The van der Waals surface area contributed by atoms with Gasteiger partial charge in [0.25, 0.3) is 0 Å². The minimum Gasteiger partial charge on any atom is -0.497 e. The number of hydrogen-bond acceptors (Lipinski definition) is 6. The van der Waals surface area contributed by atoms with Gasteiger partial charge in [0.05, 0.1) is 13.5 Å². The van der Waals surface area contributed by atoms with Crippen molar-refractivity contribution < 1.29 is 9.53 Å². The Hall–Kier alpha value is -3.42. The van der Waals surface area contributed by atoms with Crippen molar-refractivity contribution in [1.29, 1.82) is 0 Å². The van der Waals surface area contributed by atoms with Gasteiger partial charge in [-0.05, 0) is 17.7 Å². The lowest BCUT2D eigenvalue weighted by atomic mass is 10.1. The predicted octanol–water partition coefficient (Wildman–Crippen LogP) is 1.56. The van der Waals surface area contributed by atoms with Crippen molar-refractivity contribution in [2.45, 2.75) is 6.42 Å². The standard InChI is InChI=1S/C20H22N6O2/c1-28-17-4-2-16(3-5-17)12-20(27)25-10-8-24(9-11-25)18-13-19(23-14-22-18)26-7-6-21-15-26/h2-7,13-15H,8-12H2,1H3. The summed E-state index contributed by atoms with van der Waals surface area (Å²) >= 11 is 0. The van der Waals surface area contributed by atoms with E-state index in [0.29, 0.717) is 19.5 Å². The number of ether oxygens (including phenoxy) is 1. The molecule has 1 aliphatic heterocycles. The molecule has 1 fully saturated rings. The molecule has 1 saturated heterocycles. The van der Waals surface area contributed by atoms with Crippen molar-refractivity contribution in [2.24, 2.45) is 0 Å². The van der Waals surface area contributed by atoms with Crippen LogP contribution in [0.4, 0.5) is 5.82 Å². The Labute approximate surface area is 163 Å². The van der Waals surface area contributed by atoms with E-state index in [4.69, 9.17) is 4.74 Å². The summed E-state index contributed by atoms with van der Waals surface area (Å²) in [5.74, 6) is 2.58. The third-order valence-electron chi connectivity index (χ3n) is 4.88. The second kappa shape index (κ2) is 8.08. The number of carbonyl (C=O) groups is 1. The largest absolute Gasteiger partial charge is 0.497 e. The molecule has 144 valence electrons. The highest BCUT2D eigenvalue weighted by atomic mass is 16.5. The van der Waals surface area contributed by atoms with Gasteiger partial charge < -0.3 is 14.5 Å². The number of imidazole rings is 1. The summed E-state index contributed by atoms with van der Waals surface area (Å²) in [6.45, 7) is 2.85. The van der Waals surface area contributed by atoms with E-state index in [-0.39, 0.29) is 5.91 Å². The van der Waals surface area contributed by atoms with Gasteiger partial charge in [0.1, 0.15) is 30.0 Å². The fourth-order valence-corrected chi connectivity index (χ4v) is 3.26. The Morgan fingerprint density at radius 3 is 2.50 bits per heavy atom. The van der Waals surface area contributed by atoms with Gasteiger partial charge in [0, 0.05) is 44.6 Å². The van der Waals surface area contributed by atoms with Crippen LogP contribution in [0.25, 0.3) is 5.82 Å². The minimum atomic E-state index is 0.145. The molecule has 0 radical (unpaired) electrons. The lowest BCUT2D eigenvalue weighted by molar-refractivity contribution is -0.130. The summed E-state index contributed by atoms with van der Waals surface area (Å²) in [4.78, 5) is 29.4. The molecular weight excluding hydrogens is 356 g/mol. The Morgan fingerprint density at radius 2 is 1.82 bits per heavy atom. The average molecular weight is 378 g/mol. The van der Waals surface area contributed by atoms with Crippen molar-refractivity contribution >= 4 is 11.7 Å². The number of nitrogens with zero attached hydrogens (tertiary/aromatic N) is 6. The first-order valence-corrected chi connectivity index (χ1v) is 9.19. The first kappa shape index (κ1) is 18.0. The highest BCUT2D eigenvalue weighted by Crippen LogP contribution is 2.17. The molecule has 3 aromatic rings. The number of aromatic nitrogens is 4. The van der Waals surface area contributed by atoms with Crippen LogP contribution >= 0.6 is 0 Å². The van der Waals surface area contributed by atoms with Crippen LogP contribution in [0.2, 0.25) is 0 Å². The summed E-state index contributed by atoms with van der Waals surface area (Å²) in [6, 6.07) is 9.58. The van der Waals surface area contributed by atoms with Crippen LogP contribution in [0.5, 0.6) is 5.75 Å². The molecule has 2 aromatic heterocycles. The first-order chi connectivity index (χ1) is 13.7. The Kier molecular flexibility index (Phi) is 5.18. The van der Waals surface area contributed by atoms with Crippen molar-refractivity contribution in [3.8, 4) is 11.6 Å². The Bertz CT molecular complexity index is 918. The maximum absolute atomic E-state index is 12.6. The van der Waals surface area contributed by atoms with Crippen molar-refractivity contribution in [2.75, 3.05) is 38.2 Å². The maximum atomic E-state index is 12.6. The third kappa shape index (κ3) is 3.95. The van der Waals surface area contributed by atoms with E-state index in [0.717, 1.165) is 36.0 Å². The van der Waals surface area contributed by atoms with Crippen LogP contribution in [0, 0.1) is 0 Å². The molecule has 1 aliphatic rings. The van der Waals surface area contributed by atoms with Gasteiger partial charge in [0.2, 0.25) is 5.91 Å². The average Bonchev–Trinajstić information content (AvgIpc) is 3.29. The van der Waals surface area contributed by atoms with E-state index >= 15 is 0 Å². The smallest absolute Gasteiger partial charge is 0.227 e. The number of methoxy groups -OCH3 is 1. The topological polar surface area (TPSA) is 76.4 Å². The van der Waals surface area contributed by atoms with E-state index < -0.39 is 0 Å². The maximum Gasteiger partial charge on any atom is 0.227 e. The molecule has 1 amide bonds. The fourth-order valence-electron chi connectivity index (χ4n) is 3.26. The van der Waals surface area contributed by atoms with E-state index in [1.807, 2.05) is 46.0 Å². The fraction of sp³-hybridized carbons (Fsp3) is 0.300. The van der Waals surface area contributed by atoms with E-state index in [1.165, 1.54) is 0 Å². The molecule has 0 bridgehead atoms. The van der Waals surface area contributed by atoms with Crippen molar-refractivity contribution in [1.82, 2.24) is 24.4 Å².